The van der Waals surface area contributed by atoms with Crippen LogP contribution >= 0.6 is 27.3 Å². The molecule has 1 atom stereocenters. The summed E-state index contributed by atoms with van der Waals surface area (Å²) >= 11 is 3.73. The molecule has 1 aromatic rings. The molecule has 0 aliphatic carbocycles. The fourth-order valence-electron chi connectivity index (χ4n) is 1.19. The van der Waals surface area contributed by atoms with Crippen molar-refractivity contribution in [1.82, 2.24) is 5.32 Å². The second-order valence-electron chi connectivity index (χ2n) is 3.59. The van der Waals surface area contributed by atoms with Crippen molar-refractivity contribution in [1.29, 1.82) is 0 Å². The first-order valence-electron chi connectivity index (χ1n) is 4.99. The van der Waals surface area contributed by atoms with Crippen LogP contribution in [0.2, 0.25) is 0 Å². The zero-order chi connectivity index (χ0) is 15.6. The molecule has 20 heavy (non-hydrogen) atoms. The van der Waals surface area contributed by atoms with Crippen molar-refractivity contribution in [2.75, 3.05) is 5.33 Å². The number of halogens is 6. The molecule has 1 aromatic heterocycles. The van der Waals surface area contributed by atoms with E-state index in [-0.39, 0.29) is 10.2 Å². The van der Waals surface area contributed by atoms with Gasteiger partial charge in [0.1, 0.15) is 6.04 Å². The fourth-order valence-corrected chi connectivity index (χ4v) is 2.32. The third kappa shape index (κ3) is 3.54. The molecule has 0 saturated carbocycles. The van der Waals surface area contributed by atoms with E-state index in [9.17, 15) is 31.5 Å². The largest absolute Gasteiger partial charge is 0.463 e. The Morgan fingerprint density at radius 2 is 1.90 bits per heavy atom. The molecule has 10 heteroatoms. The Kier molecular flexibility index (Phi) is 5.25. The monoisotopic (exact) mass is 379 g/mol. The lowest BCUT2D eigenvalue weighted by Crippen LogP contribution is -2.52. The molecule has 1 unspecified atom stereocenters. The summed E-state index contributed by atoms with van der Waals surface area (Å²) in [6.45, 7) is 0. The molecular formula is C10H7BrF5NO2S. The number of Topliss-reactive ketones (excluding diaryl/α,β-unsaturated/α-hetero) is 1. The van der Waals surface area contributed by atoms with E-state index in [1.807, 2.05) is 0 Å². The number of hydrogen-bond acceptors (Lipinski definition) is 3. The summed E-state index contributed by atoms with van der Waals surface area (Å²) in [4.78, 5) is 22.8. The fraction of sp³-hybridized carbons (Fsp3) is 0.400. The zero-order valence-corrected chi connectivity index (χ0v) is 11.9. The summed E-state index contributed by atoms with van der Waals surface area (Å²) in [7, 11) is 0. The average molecular weight is 380 g/mol. The van der Waals surface area contributed by atoms with Gasteiger partial charge in [-0.1, -0.05) is 22.0 Å². The summed E-state index contributed by atoms with van der Waals surface area (Å²) in [6.07, 6.45) is -6.02. The number of amides is 1. The van der Waals surface area contributed by atoms with Crippen molar-refractivity contribution in [3.05, 3.63) is 22.4 Å². The number of carbonyl (C=O) groups is 2. The molecule has 0 fully saturated rings. The Labute approximate surface area is 122 Å². The van der Waals surface area contributed by atoms with Gasteiger partial charge in [0.15, 0.2) is 5.78 Å². The Hall–Kier alpha value is -1.03. The molecule has 0 aliphatic heterocycles. The van der Waals surface area contributed by atoms with E-state index in [2.05, 4.69) is 15.9 Å². The highest BCUT2D eigenvalue weighted by Gasteiger charge is 2.63. The lowest BCUT2D eigenvalue weighted by atomic mass is 10.1. The minimum atomic E-state index is -6.02. The van der Waals surface area contributed by atoms with Crippen LogP contribution < -0.4 is 5.32 Å². The maximum absolute atomic E-state index is 12.8. The van der Waals surface area contributed by atoms with Gasteiger partial charge in [-0.25, -0.2) is 0 Å². The van der Waals surface area contributed by atoms with E-state index < -0.39 is 29.8 Å². The summed E-state index contributed by atoms with van der Waals surface area (Å²) in [5.74, 6) is -8.86. The molecule has 0 bridgehead atoms. The van der Waals surface area contributed by atoms with Crippen molar-refractivity contribution in [2.45, 2.75) is 18.1 Å². The molecule has 0 aromatic carbocycles. The molecule has 1 heterocycles. The third-order valence-corrected chi connectivity index (χ3v) is 3.69. The SMILES string of the molecule is O=C(CBr)C(NC(=O)C(F)(F)C(F)(F)F)c1cccs1. The van der Waals surface area contributed by atoms with Crippen molar-refractivity contribution in [3.63, 3.8) is 0 Å². The lowest BCUT2D eigenvalue weighted by Gasteiger charge is -2.22. The molecule has 0 aliphatic rings. The second-order valence-corrected chi connectivity index (χ2v) is 5.13. The summed E-state index contributed by atoms with van der Waals surface area (Å²) in [5.41, 5.74) is 0. The van der Waals surface area contributed by atoms with E-state index in [4.69, 9.17) is 0 Å². The van der Waals surface area contributed by atoms with Gasteiger partial charge < -0.3 is 5.32 Å². The Bertz CT molecular complexity index is 488. The average Bonchev–Trinajstić information content (AvgIpc) is 2.86. The minimum Gasteiger partial charge on any atom is -0.336 e. The van der Waals surface area contributed by atoms with Crippen molar-refractivity contribution < 1.29 is 31.5 Å². The van der Waals surface area contributed by atoms with Crippen LogP contribution in [0.15, 0.2) is 17.5 Å². The highest BCUT2D eigenvalue weighted by molar-refractivity contribution is 9.09. The number of rotatable bonds is 5. The molecular weight excluding hydrogens is 373 g/mol. The van der Waals surface area contributed by atoms with Crippen LogP contribution in [0.3, 0.4) is 0 Å². The molecule has 1 N–H and O–H groups in total. The van der Waals surface area contributed by atoms with Gasteiger partial charge in [-0.3, -0.25) is 9.59 Å². The topological polar surface area (TPSA) is 46.2 Å². The predicted octanol–water partition coefficient (Wildman–Crippen LogP) is 3.07. The van der Waals surface area contributed by atoms with Crippen molar-refractivity contribution in [2.24, 2.45) is 0 Å². The van der Waals surface area contributed by atoms with Gasteiger partial charge in [0.2, 0.25) is 0 Å². The summed E-state index contributed by atoms with van der Waals surface area (Å²) in [6, 6.07) is 1.28. The van der Waals surface area contributed by atoms with Gasteiger partial charge in [-0.2, -0.15) is 22.0 Å². The standard InChI is InChI=1S/C10H7BrF5NO2S/c11-4-5(18)7(6-2-1-3-20-6)17-8(19)9(12,13)10(14,15)16/h1-3,7H,4H2,(H,17,19). The maximum Gasteiger partial charge on any atom is 0.463 e. The first-order chi connectivity index (χ1) is 9.11. The van der Waals surface area contributed by atoms with E-state index in [1.165, 1.54) is 22.8 Å². The molecule has 0 radical (unpaired) electrons. The normalized spacial score (nSPS) is 13.9. The first kappa shape index (κ1) is 17.0. The third-order valence-electron chi connectivity index (χ3n) is 2.20. The van der Waals surface area contributed by atoms with E-state index in [0.29, 0.717) is 0 Å². The summed E-state index contributed by atoms with van der Waals surface area (Å²) < 4.78 is 61.8. The molecule has 0 spiro atoms. The van der Waals surface area contributed by atoms with Gasteiger partial charge in [-0.15, -0.1) is 11.3 Å². The highest BCUT2D eigenvalue weighted by atomic mass is 79.9. The predicted molar refractivity (Wildman–Crippen MR) is 65.0 cm³/mol. The van der Waals surface area contributed by atoms with Crippen LogP contribution in [0.25, 0.3) is 0 Å². The summed E-state index contributed by atoms with van der Waals surface area (Å²) in [5, 5.41) is 2.64. The molecule has 1 rings (SSSR count). The van der Waals surface area contributed by atoms with Crippen LogP contribution in [0, 0.1) is 0 Å². The van der Waals surface area contributed by atoms with Crippen LogP contribution in [0.5, 0.6) is 0 Å². The Morgan fingerprint density at radius 3 is 2.30 bits per heavy atom. The van der Waals surface area contributed by atoms with E-state index in [1.54, 1.807) is 0 Å². The Balaban J connectivity index is 2.98. The number of nitrogens with one attached hydrogen (secondary N) is 1. The second kappa shape index (κ2) is 6.17. The van der Waals surface area contributed by atoms with Gasteiger partial charge in [0.05, 0.1) is 5.33 Å². The number of hydrogen-bond donors (Lipinski definition) is 1. The molecule has 112 valence electrons. The number of carbonyl (C=O) groups excluding carboxylic acids is 2. The highest BCUT2D eigenvalue weighted by Crippen LogP contribution is 2.36. The number of ketones is 1. The lowest BCUT2D eigenvalue weighted by molar-refractivity contribution is -0.270. The van der Waals surface area contributed by atoms with Crippen molar-refractivity contribution >= 4 is 39.0 Å². The van der Waals surface area contributed by atoms with E-state index >= 15 is 0 Å². The Morgan fingerprint density at radius 1 is 1.30 bits per heavy atom. The molecule has 1 amide bonds. The number of thiophene rings is 1. The molecule has 3 nitrogen and oxygen atoms in total. The van der Waals surface area contributed by atoms with Crippen LogP contribution in [-0.2, 0) is 9.59 Å². The first-order valence-corrected chi connectivity index (χ1v) is 6.99. The van der Waals surface area contributed by atoms with Gasteiger partial charge in [0, 0.05) is 4.88 Å². The minimum absolute atomic E-state index is 0.167. The van der Waals surface area contributed by atoms with Gasteiger partial charge in [0.25, 0.3) is 0 Å². The van der Waals surface area contributed by atoms with E-state index in [0.717, 1.165) is 11.3 Å². The van der Waals surface area contributed by atoms with Gasteiger partial charge in [-0.05, 0) is 11.4 Å². The smallest absolute Gasteiger partial charge is 0.336 e. The van der Waals surface area contributed by atoms with Crippen LogP contribution in [0.4, 0.5) is 22.0 Å². The number of alkyl halides is 6. The van der Waals surface area contributed by atoms with Crippen LogP contribution in [-0.4, -0.2) is 29.1 Å². The quantitative estimate of drug-likeness (QED) is 0.631. The van der Waals surface area contributed by atoms with Crippen molar-refractivity contribution in [3.8, 4) is 0 Å². The van der Waals surface area contributed by atoms with Gasteiger partial charge >= 0.3 is 18.0 Å². The van der Waals surface area contributed by atoms with Crippen LogP contribution in [0.1, 0.15) is 10.9 Å². The zero-order valence-electron chi connectivity index (χ0n) is 9.51. The maximum atomic E-state index is 12.8. The molecule has 0 saturated heterocycles.